The third-order valence-electron chi connectivity index (χ3n) is 4.34. The van der Waals surface area contributed by atoms with E-state index in [9.17, 15) is 5.11 Å². The molecule has 3 rings (SSSR count). The molecule has 3 atom stereocenters. The number of rotatable bonds is 1. The molecule has 2 heterocycles. The summed E-state index contributed by atoms with van der Waals surface area (Å²) in [7, 11) is 0. The van der Waals surface area contributed by atoms with Crippen LogP contribution in [0.4, 0.5) is 5.69 Å². The highest BCUT2D eigenvalue weighted by Gasteiger charge is 2.40. The van der Waals surface area contributed by atoms with Gasteiger partial charge in [-0.25, -0.2) is 0 Å². The summed E-state index contributed by atoms with van der Waals surface area (Å²) in [5.74, 6) is 0. The SMILES string of the molecule is Cc1cc(N2[C@@H]3CC[C@H]2C[C@@H](O)C3)ccc1C#N. The van der Waals surface area contributed by atoms with E-state index in [-0.39, 0.29) is 6.10 Å². The molecule has 0 unspecified atom stereocenters. The second-order valence-corrected chi connectivity index (χ2v) is 5.53. The van der Waals surface area contributed by atoms with Crippen LogP contribution < -0.4 is 4.90 Å². The summed E-state index contributed by atoms with van der Waals surface area (Å²) in [6, 6.07) is 9.24. The molecule has 0 radical (unpaired) electrons. The lowest BCUT2D eigenvalue weighted by atomic mass is 9.98. The first kappa shape index (κ1) is 11.6. The molecule has 3 nitrogen and oxygen atoms in total. The van der Waals surface area contributed by atoms with E-state index in [0.29, 0.717) is 12.1 Å². The summed E-state index contributed by atoms with van der Waals surface area (Å²) < 4.78 is 0. The molecule has 2 fully saturated rings. The Morgan fingerprint density at radius 1 is 1.28 bits per heavy atom. The second-order valence-electron chi connectivity index (χ2n) is 5.53. The van der Waals surface area contributed by atoms with E-state index < -0.39 is 0 Å². The highest BCUT2D eigenvalue weighted by Crippen LogP contribution is 2.39. The zero-order valence-corrected chi connectivity index (χ0v) is 10.6. The minimum atomic E-state index is -0.127. The number of piperidine rings is 1. The van der Waals surface area contributed by atoms with Gasteiger partial charge in [-0.15, -0.1) is 0 Å². The maximum Gasteiger partial charge on any atom is 0.0994 e. The fraction of sp³-hybridized carbons (Fsp3) is 0.533. The standard InChI is InChI=1S/C15H18N2O/c1-10-6-12(3-2-11(10)9-16)17-13-4-5-14(17)8-15(18)7-13/h2-3,6,13-15,18H,4-5,7-8H2,1H3/t13-,14+,15+. The molecular formula is C15H18N2O. The number of hydrogen-bond acceptors (Lipinski definition) is 3. The smallest absolute Gasteiger partial charge is 0.0994 e. The molecule has 0 spiro atoms. The summed E-state index contributed by atoms with van der Waals surface area (Å²) in [5, 5.41) is 18.8. The minimum absolute atomic E-state index is 0.127. The minimum Gasteiger partial charge on any atom is -0.393 e. The van der Waals surface area contributed by atoms with Crippen LogP contribution in [0.15, 0.2) is 18.2 Å². The Hall–Kier alpha value is -1.53. The predicted molar refractivity (Wildman–Crippen MR) is 70.4 cm³/mol. The fourth-order valence-corrected chi connectivity index (χ4v) is 3.50. The summed E-state index contributed by atoms with van der Waals surface area (Å²) in [6.45, 7) is 1.99. The van der Waals surface area contributed by atoms with Crippen molar-refractivity contribution in [3.05, 3.63) is 29.3 Å². The van der Waals surface area contributed by atoms with Gasteiger partial charge in [0.05, 0.1) is 17.7 Å². The number of nitriles is 1. The molecule has 0 saturated carbocycles. The average Bonchev–Trinajstić information content (AvgIpc) is 2.61. The van der Waals surface area contributed by atoms with Crippen LogP contribution >= 0.6 is 0 Å². The van der Waals surface area contributed by atoms with Gasteiger partial charge in [-0.1, -0.05) is 0 Å². The van der Waals surface area contributed by atoms with Crippen LogP contribution in [-0.2, 0) is 0 Å². The van der Waals surface area contributed by atoms with Crippen molar-refractivity contribution in [2.45, 2.75) is 50.8 Å². The van der Waals surface area contributed by atoms with Gasteiger partial charge in [0.25, 0.3) is 0 Å². The van der Waals surface area contributed by atoms with Crippen LogP contribution in [0.25, 0.3) is 0 Å². The van der Waals surface area contributed by atoms with E-state index >= 15 is 0 Å². The predicted octanol–water partition coefficient (Wildman–Crippen LogP) is 2.36. The number of hydrogen-bond donors (Lipinski definition) is 1. The molecule has 3 heteroatoms. The molecule has 94 valence electrons. The third kappa shape index (κ3) is 1.77. The normalized spacial score (nSPS) is 30.3. The monoisotopic (exact) mass is 242 g/mol. The highest BCUT2D eigenvalue weighted by molar-refractivity contribution is 5.56. The molecule has 2 aliphatic heterocycles. The van der Waals surface area contributed by atoms with Gasteiger partial charge in [0.1, 0.15) is 0 Å². The Kier molecular flexibility index (Phi) is 2.76. The molecular weight excluding hydrogens is 224 g/mol. The summed E-state index contributed by atoms with van der Waals surface area (Å²) in [4.78, 5) is 2.46. The molecule has 1 N–H and O–H groups in total. The highest BCUT2D eigenvalue weighted by atomic mass is 16.3. The van der Waals surface area contributed by atoms with Crippen molar-refractivity contribution in [1.82, 2.24) is 0 Å². The molecule has 0 aromatic heterocycles. The lowest BCUT2D eigenvalue weighted by molar-refractivity contribution is 0.126. The number of aliphatic hydroxyl groups excluding tert-OH is 1. The van der Waals surface area contributed by atoms with Crippen LogP contribution in [0.3, 0.4) is 0 Å². The third-order valence-corrected chi connectivity index (χ3v) is 4.34. The van der Waals surface area contributed by atoms with Crippen LogP contribution in [0.1, 0.15) is 36.8 Å². The largest absolute Gasteiger partial charge is 0.393 e. The van der Waals surface area contributed by atoms with Crippen molar-refractivity contribution in [3.8, 4) is 6.07 Å². The lowest BCUT2D eigenvalue weighted by Crippen LogP contribution is -2.44. The van der Waals surface area contributed by atoms with Crippen LogP contribution in [0, 0.1) is 18.3 Å². The van der Waals surface area contributed by atoms with E-state index in [1.54, 1.807) is 0 Å². The first-order valence-electron chi connectivity index (χ1n) is 6.66. The van der Waals surface area contributed by atoms with Crippen molar-refractivity contribution in [2.75, 3.05) is 4.90 Å². The number of anilines is 1. The van der Waals surface area contributed by atoms with Crippen molar-refractivity contribution >= 4 is 5.69 Å². The molecule has 2 saturated heterocycles. The van der Waals surface area contributed by atoms with Gasteiger partial charge in [-0.2, -0.15) is 5.26 Å². The molecule has 18 heavy (non-hydrogen) atoms. The number of aryl methyl sites for hydroxylation is 1. The Labute approximate surface area is 108 Å². The number of benzene rings is 1. The zero-order valence-electron chi connectivity index (χ0n) is 10.6. The summed E-state index contributed by atoms with van der Waals surface area (Å²) in [6.07, 6.45) is 4.00. The van der Waals surface area contributed by atoms with Gasteiger partial charge in [-0.3, -0.25) is 0 Å². The average molecular weight is 242 g/mol. The number of nitrogens with zero attached hydrogens (tertiary/aromatic N) is 2. The van der Waals surface area contributed by atoms with Gasteiger partial charge in [0.2, 0.25) is 0 Å². The van der Waals surface area contributed by atoms with Gasteiger partial charge in [-0.05, 0) is 56.4 Å². The van der Waals surface area contributed by atoms with Crippen molar-refractivity contribution in [3.63, 3.8) is 0 Å². The topological polar surface area (TPSA) is 47.3 Å². The molecule has 0 aliphatic carbocycles. The van der Waals surface area contributed by atoms with Gasteiger partial charge in [0.15, 0.2) is 0 Å². The van der Waals surface area contributed by atoms with E-state index in [4.69, 9.17) is 5.26 Å². The Bertz CT molecular complexity index is 492. The van der Waals surface area contributed by atoms with Crippen molar-refractivity contribution < 1.29 is 5.11 Å². The molecule has 0 amide bonds. The fourth-order valence-electron chi connectivity index (χ4n) is 3.50. The molecule has 2 bridgehead atoms. The molecule has 1 aromatic rings. The molecule has 2 aliphatic rings. The number of aliphatic hydroxyl groups is 1. The van der Waals surface area contributed by atoms with Crippen molar-refractivity contribution in [2.24, 2.45) is 0 Å². The Morgan fingerprint density at radius 3 is 2.50 bits per heavy atom. The Balaban J connectivity index is 1.92. The number of fused-ring (bicyclic) bond motifs is 2. The van der Waals surface area contributed by atoms with Crippen LogP contribution in [-0.4, -0.2) is 23.3 Å². The summed E-state index contributed by atoms with van der Waals surface area (Å²) >= 11 is 0. The molecule has 1 aromatic carbocycles. The second kappa shape index (κ2) is 4.29. The van der Waals surface area contributed by atoms with Crippen LogP contribution in [0.5, 0.6) is 0 Å². The van der Waals surface area contributed by atoms with Gasteiger partial charge >= 0.3 is 0 Å². The first-order chi connectivity index (χ1) is 8.69. The van der Waals surface area contributed by atoms with Crippen molar-refractivity contribution in [1.29, 1.82) is 5.26 Å². The Morgan fingerprint density at radius 2 is 1.94 bits per heavy atom. The van der Waals surface area contributed by atoms with E-state index in [1.165, 1.54) is 18.5 Å². The lowest BCUT2D eigenvalue weighted by Gasteiger charge is -2.39. The first-order valence-corrected chi connectivity index (χ1v) is 6.66. The summed E-state index contributed by atoms with van der Waals surface area (Å²) in [5.41, 5.74) is 3.01. The maximum atomic E-state index is 9.82. The quantitative estimate of drug-likeness (QED) is 0.822. The van der Waals surface area contributed by atoms with Gasteiger partial charge in [0, 0.05) is 17.8 Å². The maximum absolute atomic E-state index is 9.82. The van der Waals surface area contributed by atoms with Crippen LogP contribution in [0.2, 0.25) is 0 Å². The van der Waals surface area contributed by atoms with Gasteiger partial charge < -0.3 is 10.0 Å². The van der Waals surface area contributed by atoms with E-state index in [1.807, 2.05) is 13.0 Å². The van der Waals surface area contributed by atoms with E-state index in [0.717, 1.165) is 24.0 Å². The van der Waals surface area contributed by atoms with E-state index in [2.05, 4.69) is 23.1 Å². The zero-order chi connectivity index (χ0) is 12.7.